The molecule has 1 aliphatic rings. The van der Waals surface area contributed by atoms with Crippen molar-refractivity contribution in [2.24, 2.45) is 0 Å². The van der Waals surface area contributed by atoms with Crippen molar-refractivity contribution in [2.75, 3.05) is 13.3 Å². The lowest BCUT2D eigenvalue weighted by Gasteiger charge is -2.32. The average Bonchev–Trinajstić information content (AvgIpc) is 2.79. The summed E-state index contributed by atoms with van der Waals surface area (Å²) < 4.78 is 64.9. The number of alkyl halides is 1. The molecule has 1 aromatic heterocycles. The van der Waals surface area contributed by atoms with Crippen LogP contribution in [0.15, 0.2) is 21.9 Å². The van der Waals surface area contributed by atoms with E-state index in [0.717, 1.165) is 19.2 Å². The summed E-state index contributed by atoms with van der Waals surface area (Å²) in [7, 11) is -17.2. The van der Waals surface area contributed by atoms with Gasteiger partial charge in [0.1, 0.15) is 18.9 Å². The van der Waals surface area contributed by atoms with E-state index in [0.29, 0.717) is 4.57 Å². The minimum Gasteiger partial charge on any atom is -0.387 e. The highest BCUT2D eigenvalue weighted by Gasteiger charge is 2.62. The van der Waals surface area contributed by atoms with Gasteiger partial charge in [0.15, 0.2) is 11.3 Å². The van der Waals surface area contributed by atoms with Crippen LogP contribution < -0.4 is 11.2 Å². The lowest BCUT2D eigenvalue weighted by atomic mass is 9.95. The van der Waals surface area contributed by atoms with E-state index in [9.17, 15) is 42.8 Å². The SMILES string of the molecule is C[C@@]1(n2ccc(=O)[nH]c2=O)O[C@](CF)(COP(=O)(O)OP(=O)(O)OP(=O)(O)O)[C@@H](O)[C@H]1O. The summed E-state index contributed by atoms with van der Waals surface area (Å²) in [6.45, 7) is -2.16. The number of aromatic amines is 1. The Labute approximate surface area is 176 Å². The molecule has 7 N–H and O–H groups in total. The summed E-state index contributed by atoms with van der Waals surface area (Å²) in [6.07, 6.45) is -3.46. The van der Waals surface area contributed by atoms with Crippen molar-refractivity contribution >= 4 is 23.5 Å². The number of aliphatic hydroxyl groups excluding tert-OH is 2. The third kappa shape index (κ3) is 5.87. The highest BCUT2D eigenvalue weighted by molar-refractivity contribution is 7.66. The molecule has 0 amide bonds. The fourth-order valence-corrected chi connectivity index (χ4v) is 5.90. The molecule has 1 saturated heterocycles. The minimum atomic E-state index is -5.87. The summed E-state index contributed by atoms with van der Waals surface area (Å²) >= 11 is 0. The second-order valence-corrected chi connectivity index (χ2v) is 11.0. The molecule has 184 valence electrons. The van der Waals surface area contributed by atoms with Gasteiger partial charge < -0.3 is 34.5 Å². The second-order valence-electron chi connectivity index (χ2n) is 6.59. The third-order valence-corrected chi connectivity index (χ3v) is 8.00. The van der Waals surface area contributed by atoms with E-state index >= 15 is 0 Å². The van der Waals surface area contributed by atoms with Gasteiger partial charge in [-0.15, -0.1) is 0 Å². The van der Waals surface area contributed by atoms with Crippen LogP contribution in [-0.2, 0) is 37.3 Å². The van der Waals surface area contributed by atoms with Crippen molar-refractivity contribution < 1.29 is 65.8 Å². The molecule has 2 heterocycles. The number of H-pyrrole nitrogens is 1. The van der Waals surface area contributed by atoms with Crippen LogP contribution in [0.25, 0.3) is 0 Å². The number of nitrogens with zero attached hydrogens (tertiary/aromatic N) is 1. The average molecular weight is 530 g/mol. The van der Waals surface area contributed by atoms with Crippen LogP contribution in [0.3, 0.4) is 0 Å². The van der Waals surface area contributed by atoms with Gasteiger partial charge in [0.2, 0.25) is 0 Å². The van der Waals surface area contributed by atoms with Crippen LogP contribution >= 0.6 is 23.5 Å². The number of aliphatic hydroxyl groups is 2. The van der Waals surface area contributed by atoms with E-state index in [1.165, 1.54) is 0 Å². The van der Waals surface area contributed by atoms with Crippen molar-refractivity contribution in [3.63, 3.8) is 0 Å². The van der Waals surface area contributed by atoms with Gasteiger partial charge in [-0.3, -0.25) is 18.9 Å². The molecular weight excluding hydrogens is 512 g/mol. The molecule has 6 atom stereocenters. The lowest BCUT2D eigenvalue weighted by molar-refractivity contribution is -0.185. The molecule has 0 aromatic carbocycles. The zero-order valence-corrected chi connectivity index (χ0v) is 18.4. The van der Waals surface area contributed by atoms with Crippen molar-refractivity contribution in [1.82, 2.24) is 9.55 Å². The van der Waals surface area contributed by atoms with E-state index < -0.39 is 71.5 Å². The predicted molar refractivity (Wildman–Crippen MR) is 96.6 cm³/mol. The monoisotopic (exact) mass is 530 g/mol. The number of halogens is 1. The van der Waals surface area contributed by atoms with Crippen LogP contribution in [0.5, 0.6) is 0 Å². The van der Waals surface area contributed by atoms with Crippen LogP contribution in [-0.4, -0.2) is 70.4 Å². The van der Waals surface area contributed by atoms with Gasteiger partial charge in [-0.05, 0) is 6.92 Å². The molecule has 1 aromatic rings. The molecule has 0 radical (unpaired) electrons. The van der Waals surface area contributed by atoms with Crippen LogP contribution in [0.2, 0.25) is 0 Å². The van der Waals surface area contributed by atoms with Crippen molar-refractivity contribution in [3.8, 4) is 0 Å². The maximum absolute atomic E-state index is 13.9. The Bertz CT molecular complexity index is 1120. The van der Waals surface area contributed by atoms with E-state index in [1.54, 1.807) is 0 Å². The quantitative estimate of drug-likeness (QED) is 0.170. The van der Waals surface area contributed by atoms with Gasteiger partial charge in [-0.25, -0.2) is 22.9 Å². The van der Waals surface area contributed by atoms with Gasteiger partial charge in [0.25, 0.3) is 5.56 Å². The Hall–Kier alpha value is -1.10. The Morgan fingerprint density at radius 1 is 1.12 bits per heavy atom. The fourth-order valence-electron chi connectivity index (χ4n) is 2.83. The molecule has 0 bridgehead atoms. The molecule has 0 saturated carbocycles. The maximum atomic E-state index is 13.9. The largest absolute Gasteiger partial charge is 0.490 e. The van der Waals surface area contributed by atoms with Gasteiger partial charge in [0, 0.05) is 12.3 Å². The Morgan fingerprint density at radius 3 is 2.22 bits per heavy atom. The predicted octanol–water partition coefficient (Wildman–Crippen LogP) is -1.99. The third-order valence-electron chi connectivity index (χ3n) is 4.21. The molecule has 0 spiro atoms. The molecule has 2 unspecified atom stereocenters. The number of hydrogen-bond acceptors (Lipinski definition) is 11. The Morgan fingerprint density at radius 2 is 1.72 bits per heavy atom. The topological polar surface area (TPSA) is 264 Å². The summed E-state index contributed by atoms with van der Waals surface area (Å²) in [5, 5.41) is 20.7. The Balaban J connectivity index is 2.29. The Kier molecular flexibility index (Phi) is 7.57. The number of nitrogens with one attached hydrogen (secondary N) is 1. The van der Waals surface area contributed by atoms with E-state index in [-0.39, 0.29) is 0 Å². The smallest absolute Gasteiger partial charge is 0.387 e. The first-order valence-corrected chi connectivity index (χ1v) is 12.6. The summed E-state index contributed by atoms with van der Waals surface area (Å²) in [5.74, 6) is 0. The standard InChI is InChI=1S/C11H18FN2O15P3/c1-10(14-3-2-6(15)13-9(14)18)7(16)8(17)11(4-12,27-10)5-26-31(22,23)29-32(24,25)28-30(19,20)21/h2-3,7-8,16-17H,4-5H2,1H3,(H,22,23)(H,24,25)(H,13,15,18)(H2,19,20,21)/t7-,8+,10-,11-/m1/s1. The van der Waals surface area contributed by atoms with E-state index in [1.807, 2.05) is 4.98 Å². The number of rotatable bonds is 9. The van der Waals surface area contributed by atoms with Gasteiger partial charge in [-0.1, -0.05) is 0 Å². The number of phosphoric ester groups is 1. The number of hydrogen-bond donors (Lipinski definition) is 7. The zero-order valence-electron chi connectivity index (χ0n) is 15.7. The molecule has 0 aliphatic carbocycles. The number of aromatic nitrogens is 2. The van der Waals surface area contributed by atoms with Crippen molar-refractivity contribution in [3.05, 3.63) is 33.1 Å². The molecule has 2 rings (SSSR count). The maximum Gasteiger partial charge on any atom is 0.490 e. The number of phosphoric acid groups is 3. The first-order valence-electron chi connectivity index (χ1n) is 8.09. The van der Waals surface area contributed by atoms with Crippen molar-refractivity contribution in [1.29, 1.82) is 0 Å². The van der Waals surface area contributed by atoms with Gasteiger partial charge in [-0.2, -0.15) is 8.62 Å². The lowest BCUT2D eigenvalue weighted by Crippen LogP contribution is -2.49. The molecular formula is C11H18FN2O15P3. The second kappa shape index (κ2) is 8.92. The van der Waals surface area contributed by atoms with Crippen LogP contribution in [0, 0.1) is 0 Å². The summed E-state index contributed by atoms with van der Waals surface area (Å²) in [4.78, 5) is 60.7. The first-order chi connectivity index (χ1) is 14.4. The summed E-state index contributed by atoms with van der Waals surface area (Å²) in [6, 6.07) is 0.844. The molecule has 32 heavy (non-hydrogen) atoms. The molecule has 17 nitrogen and oxygen atoms in total. The first kappa shape index (κ1) is 27.1. The highest BCUT2D eigenvalue weighted by Crippen LogP contribution is 2.66. The van der Waals surface area contributed by atoms with Crippen LogP contribution in [0.4, 0.5) is 4.39 Å². The molecule has 1 aliphatic heterocycles. The van der Waals surface area contributed by atoms with E-state index in [4.69, 9.17) is 19.4 Å². The molecule has 21 heteroatoms. The highest BCUT2D eigenvalue weighted by atomic mass is 31.3. The summed E-state index contributed by atoms with van der Waals surface area (Å²) in [5.41, 5.74) is -6.86. The van der Waals surface area contributed by atoms with E-state index in [2.05, 4.69) is 13.1 Å². The van der Waals surface area contributed by atoms with Crippen molar-refractivity contribution in [2.45, 2.75) is 30.5 Å². The molecule has 1 fully saturated rings. The minimum absolute atomic E-state index is 0.588. The normalized spacial score (nSPS) is 32.4. The van der Waals surface area contributed by atoms with Crippen LogP contribution in [0.1, 0.15) is 6.92 Å². The zero-order chi connectivity index (χ0) is 24.8. The van der Waals surface area contributed by atoms with Gasteiger partial charge >= 0.3 is 29.2 Å². The number of ether oxygens (including phenoxy) is 1. The van der Waals surface area contributed by atoms with Gasteiger partial charge in [0.05, 0.1) is 6.61 Å². The fraction of sp³-hybridized carbons (Fsp3) is 0.636.